The van der Waals surface area contributed by atoms with Crippen LogP contribution in [0.1, 0.15) is 39.0 Å². The van der Waals surface area contributed by atoms with Crippen LogP contribution in [0.25, 0.3) is 0 Å². The van der Waals surface area contributed by atoms with Crippen molar-refractivity contribution in [2.75, 3.05) is 5.32 Å². The number of hydrogen-bond acceptors (Lipinski definition) is 4. The normalized spacial score (nSPS) is 14.2. The average molecular weight is 276 g/mol. The average Bonchev–Trinajstić information content (AvgIpc) is 2.94. The summed E-state index contributed by atoms with van der Waals surface area (Å²) in [5, 5.41) is 3.87. The highest BCUT2D eigenvalue weighted by Gasteiger charge is 2.18. The summed E-state index contributed by atoms with van der Waals surface area (Å²) in [6, 6.07) is 0. The fourth-order valence-electron chi connectivity index (χ4n) is 2.43. The minimum Gasteiger partial charge on any atom is -0.315 e. The summed E-state index contributed by atoms with van der Waals surface area (Å²) in [6.07, 6.45) is 5.07. The second-order valence-electron chi connectivity index (χ2n) is 4.77. The number of hydrogen-bond donors (Lipinski definition) is 1. The highest BCUT2D eigenvalue weighted by Crippen LogP contribution is 2.22. The number of fused-ring (bicyclic) bond motifs is 1. The standard InChI is InChI=1S/C13H16N4OS/c1-8-12(19-9(2)15-8)13(18)16-11-7-14-10-5-3-4-6-17(10)11/h7H,3-6H2,1-2H3,(H,16,18). The number of nitrogens with one attached hydrogen (secondary N) is 1. The molecule has 0 saturated heterocycles. The summed E-state index contributed by atoms with van der Waals surface area (Å²) in [6.45, 7) is 4.71. The number of rotatable bonds is 2. The Morgan fingerprint density at radius 1 is 1.42 bits per heavy atom. The van der Waals surface area contributed by atoms with Gasteiger partial charge >= 0.3 is 0 Å². The third-order valence-electron chi connectivity index (χ3n) is 3.32. The van der Waals surface area contributed by atoms with E-state index in [0.717, 1.165) is 41.7 Å². The van der Waals surface area contributed by atoms with Gasteiger partial charge in [0, 0.05) is 13.0 Å². The molecule has 1 aliphatic rings. The van der Waals surface area contributed by atoms with Crippen molar-refractivity contribution in [3.05, 3.63) is 27.6 Å². The number of anilines is 1. The molecule has 0 fully saturated rings. The van der Waals surface area contributed by atoms with Crippen molar-refractivity contribution in [2.45, 2.75) is 39.7 Å². The van der Waals surface area contributed by atoms with Crippen molar-refractivity contribution >= 4 is 23.1 Å². The molecule has 0 atom stereocenters. The Morgan fingerprint density at radius 3 is 3.00 bits per heavy atom. The van der Waals surface area contributed by atoms with Gasteiger partial charge in [-0.05, 0) is 26.7 Å². The Balaban J connectivity index is 1.83. The van der Waals surface area contributed by atoms with Gasteiger partial charge in [-0.2, -0.15) is 0 Å². The van der Waals surface area contributed by atoms with Crippen LogP contribution in [0.5, 0.6) is 0 Å². The predicted octanol–water partition coefficient (Wildman–Crippen LogP) is 2.55. The summed E-state index contributed by atoms with van der Waals surface area (Å²) < 4.78 is 2.10. The summed E-state index contributed by atoms with van der Waals surface area (Å²) in [5.74, 6) is 1.78. The molecular formula is C13H16N4OS. The summed E-state index contributed by atoms with van der Waals surface area (Å²) in [7, 11) is 0. The molecule has 3 rings (SSSR count). The summed E-state index contributed by atoms with van der Waals surface area (Å²) >= 11 is 1.43. The smallest absolute Gasteiger partial charge is 0.268 e. The number of amides is 1. The molecule has 0 aliphatic carbocycles. The Kier molecular flexibility index (Phi) is 3.10. The van der Waals surface area contributed by atoms with Crippen LogP contribution in [-0.4, -0.2) is 20.4 Å². The van der Waals surface area contributed by atoms with E-state index in [1.165, 1.54) is 17.8 Å². The highest BCUT2D eigenvalue weighted by atomic mass is 32.1. The third kappa shape index (κ3) is 2.28. The molecule has 2 aromatic heterocycles. The Labute approximate surface area is 115 Å². The first kappa shape index (κ1) is 12.3. The van der Waals surface area contributed by atoms with Gasteiger partial charge in [-0.1, -0.05) is 0 Å². The first-order valence-electron chi connectivity index (χ1n) is 6.45. The first-order valence-corrected chi connectivity index (χ1v) is 7.26. The summed E-state index contributed by atoms with van der Waals surface area (Å²) in [5.41, 5.74) is 0.790. The van der Waals surface area contributed by atoms with Crippen molar-refractivity contribution in [1.82, 2.24) is 14.5 Å². The van der Waals surface area contributed by atoms with E-state index in [2.05, 4.69) is 19.9 Å². The SMILES string of the molecule is Cc1nc(C)c(C(=O)Nc2cnc3n2CCCC3)s1. The number of aryl methyl sites for hydroxylation is 3. The molecule has 6 heteroatoms. The molecule has 2 aromatic rings. The predicted molar refractivity (Wildman–Crippen MR) is 74.7 cm³/mol. The Bertz CT molecular complexity index is 629. The van der Waals surface area contributed by atoms with Crippen LogP contribution < -0.4 is 5.32 Å². The third-order valence-corrected chi connectivity index (χ3v) is 4.39. The van der Waals surface area contributed by atoms with E-state index < -0.39 is 0 Å². The monoisotopic (exact) mass is 276 g/mol. The van der Waals surface area contributed by atoms with Crippen LogP contribution in [0, 0.1) is 13.8 Å². The van der Waals surface area contributed by atoms with Crippen LogP contribution in [0.2, 0.25) is 0 Å². The zero-order valence-corrected chi connectivity index (χ0v) is 11.9. The molecule has 0 radical (unpaired) electrons. The number of nitrogens with zero attached hydrogens (tertiary/aromatic N) is 3. The minimum atomic E-state index is -0.0867. The molecule has 0 unspecified atom stereocenters. The van der Waals surface area contributed by atoms with E-state index in [4.69, 9.17) is 0 Å². The maximum Gasteiger partial charge on any atom is 0.268 e. The number of imidazole rings is 1. The van der Waals surface area contributed by atoms with E-state index in [-0.39, 0.29) is 5.91 Å². The van der Waals surface area contributed by atoms with Gasteiger partial charge in [0.05, 0.1) is 16.9 Å². The molecule has 3 heterocycles. The highest BCUT2D eigenvalue weighted by molar-refractivity contribution is 7.13. The molecule has 0 spiro atoms. The summed E-state index contributed by atoms with van der Waals surface area (Å²) in [4.78, 5) is 21.6. The van der Waals surface area contributed by atoms with Gasteiger partial charge < -0.3 is 9.88 Å². The molecule has 5 nitrogen and oxygen atoms in total. The van der Waals surface area contributed by atoms with E-state index in [1.54, 1.807) is 6.20 Å². The minimum absolute atomic E-state index is 0.0867. The lowest BCUT2D eigenvalue weighted by atomic mass is 10.2. The second-order valence-corrected chi connectivity index (χ2v) is 5.97. The molecule has 0 bridgehead atoms. The van der Waals surface area contributed by atoms with Gasteiger partial charge in [0.2, 0.25) is 0 Å². The van der Waals surface area contributed by atoms with E-state index in [9.17, 15) is 4.79 Å². The fraction of sp³-hybridized carbons (Fsp3) is 0.462. The van der Waals surface area contributed by atoms with E-state index in [0.29, 0.717) is 4.88 Å². The maximum atomic E-state index is 12.3. The van der Waals surface area contributed by atoms with Crippen molar-refractivity contribution in [3.63, 3.8) is 0 Å². The van der Waals surface area contributed by atoms with Crippen LogP contribution in [-0.2, 0) is 13.0 Å². The largest absolute Gasteiger partial charge is 0.315 e. The first-order chi connectivity index (χ1) is 9.15. The molecule has 1 aliphatic heterocycles. The lowest BCUT2D eigenvalue weighted by Crippen LogP contribution is -2.18. The second kappa shape index (κ2) is 4.77. The van der Waals surface area contributed by atoms with Crippen molar-refractivity contribution in [1.29, 1.82) is 0 Å². The van der Waals surface area contributed by atoms with Crippen LogP contribution >= 0.6 is 11.3 Å². The molecular weight excluding hydrogens is 260 g/mol. The van der Waals surface area contributed by atoms with E-state index >= 15 is 0 Å². The zero-order valence-electron chi connectivity index (χ0n) is 11.1. The van der Waals surface area contributed by atoms with Gasteiger partial charge in [-0.15, -0.1) is 11.3 Å². The topological polar surface area (TPSA) is 59.8 Å². The van der Waals surface area contributed by atoms with Gasteiger partial charge in [-0.25, -0.2) is 9.97 Å². The molecule has 100 valence electrons. The van der Waals surface area contributed by atoms with Gasteiger partial charge in [0.25, 0.3) is 5.91 Å². The van der Waals surface area contributed by atoms with Crippen molar-refractivity contribution < 1.29 is 4.79 Å². The van der Waals surface area contributed by atoms with Crippen LogP contribution in [0.3, 0.4) is 0 Å². The van der Waals surface area contributed by atoms with Crippen molar-refractivity contribution in [2.24, 2.45) is 0 Å². The lowest BCUT2D eigenvalue weighted by molar-refractivity contribution is 0.102. The number of thiazole rings is 1. The molecule has 1 N–H and O–H groups in total. The number of aromatic nitrogens is 3. The maximum absolute atomic E-state index is 12.3. The van der Waals surface area contributed by atoms with Gasteiger partial charge in [0.1, 0.15) is 16.5 Å². The number of carbonyl (C=O) groups is 1. The van der Waals surface area contributed by atoms with Crippen molar-refractivity contribution in [3.8, 4) is 0 Å². The molecule has 19 heavy (non-hydrogen) atoms. The lowest BCUT2D eigenvalue weighted by Gasteiger charge is -2.16. The molecule has 0 aromatic carbocycles. The van der Waals surface area contributed by atoms with Crippen LogP contribution in [0.4, 0.5) is 5.82 Å². The Hall–Kier alpha value is -1.69. The quantitative estimate of drug-likeness (QED) is 0.917. The molecule has 0 saturated carbocycles. The number of carbonyl (C=O) groups excluding carboxylic acids is 1. The van der Waals surface area contributed by atoms with Crippen LogP contribution in [0.15, 0.2) is 6.20 Å². The van der Waals surface area contributed by atoms with Gasteiger partial charge in [-0.3, -0.25) is 4.79 Å². The Morgan fingerprint density at radius 2 is 2.26 bits per heavy atom. The zero-order chi connectivity index (χ0) is 13.4. The molecule has 1 amide bonds. The van der Waals surface area contributed by atoms with E-state index in [1.807, 2.05) is 13.8 Å². The fourth-order valence-corrected chi connectivity index (χ4v) is 3.25. The van der Waals surface area contributed by atoms with Gasteiger partial charge in [0.15, 0.2) is 0 Å².